The largest absolute Gasteiger partial charge is 0.376 e. The number of hydrogen-bond acceptors (Lipinski definition) is 5. The predicted molar refractivity (Wildman–Crippen MR) is 76.7 cm³/mol. The quantitative estimate of drug-likeness (QED) is 0.826. The topological polar surface area (TPSA) is 76.1 Å². The van der Waals surface area contributed by atoms with Gasteiger partial charge in [0.25, 0.3) is 5.91 Å². The van der Waals surface area contributed by atoms with Crippen LogP contribution >= 0.6 is 0 Å². The second-order valence-electron chi connectivity index (χ2n) is 5.09. The molecule has 1 aliphatic heterocycles. The maximum atomic E-state index is 12.0. The fourth-order valence-electron chi connectivity index (χ4n) is 2.00. The van der Waals surface area contributed by atoms with Crippen molar-refractivity contribution in [1.82, 2.24) is 15.3 Å². The molecule has 0 radical (unpaired) electrons. The van der Waals surface area contributed by atoms with E-state index in [1.165, 1.54) is 6.33 Å². The lowest BCUT2D eigenvalue weighted by Crippen LogP contribution is -2.32. The Kier molecular flexibility index (Phi) is 5.29. The summed E-state index contributed by atoms with van der Waals surface area (Å²) in [4.78, 5) is 20.1. The summed E-state index contributed by atoms with van der Waals surface area (Å²) >= 11 is 0. The number of amides is 1. The van der Waals surface area contributed by atoms with E-state index in [-0.39, 0.29) is 18.1 Å². The SMILES string of the molecule is CCC(C)NC(=O)c1cc(NCC2CCCO2)ncn1. The Labute approximate surface area is 119 Å². The lowest BCUT2D eigenvalue weighted by atomic mass is 10.2. The molecule has 6 heteroatoms. The first-order valence-corrected chi connectivity index (χ1v) is 7.17. The van der Waals surface area contributed by atoms with Crippen LogP contribution in [-0.4, -0.2) is 41.2 Å². The van der Waals surface area contributed by atoms with Crippen molar-refractivity contribution in [2.75, 3.05) is 18.5 Å². The number of nitrogens with one attached hydrogen (secondary N) is 2. The van der Waals surface area contributed by atoms with E-state index >= 15 is 0 Å². The number of rotatable bonds is 6. The zero-order valence-electron chi connectivity index (χ0n) is 12.1. The highest BCUT2D eigenvalue weighted by Gasteiger charge is 2.16. The van der Waals surface area contributed by atoms with Crippen molar-refractivity contribution >= 4 is 11.7 Å². The summed E-state index contributed by atoms with van der Waals surface area (Å²) in [5, 5.41) is 6.08. The van der Waals surface area contributed by atoms with Gasteiger partial charge in [-0.2, -0.15) is 0 Å². The Morgan fingerprint density at radius 1 is 1.55 bits per heavy atom. The van der Waals surface area contributed by atoms with Gasteiger partial charge in [0, 0.05) is 25.3 Å². The Balaban J connectivity index is 1.91. The third kappa shape index (κ3) is 4.16. The van der Waals surface area contributed by atoms with Gasteiger partial charge in [-0.05, 0) is 26.2 Å². The van der Waals surface area contributed by atoms with Gasteiger partial charge in [-0.25, -0.2) is 9.97 Å². The molecule has 0 aromatic carbocycles. The molecule has 2 rings (SSSR count). The van der Waals surface area contributed by atoms with Crippen LogP contribution in [0.5, 0.6) is 0 Å². The molecule has 2 unspecified atom stereocenters. The second kappa shape index (κ2) is 7.19. The number of ether oxygens (including phenoxy) is 1. The van der Waals surface area contributed by atoms with Gasteiger partial charge in [-0.15, -0.1) is 0 Å². The van der Waals surface area contributed by atoms with Gasteiger partial charge in [0.05, 0.1) is 6.10 Å². The van der Waals surface area contributed by atoms with Crippen LogP contribution in [0.25, 0.3) is 0 Å². The van der Waals surface area contributed by atoms with E-state index in [0.717, 1.165) is 25.9 Å². The van der Waals surface area contributed by atoms with Gasteiger partial charge in [0.1, 0.15) is 17.8 Å². The van der Waals surface area contributed by atoms with Crippen molar-refractivity contribution in [2.45, 2.75) is 45.3 Å². The van der Waals surface area contributed by atoms with Gasteiger partial charge in [-0.1, -0.05) is 6.92 Å². The Morgan fingerprint density at radius 3 is 3.10 bits per heavy atom. The summed E-state index contributed by atoms with van der Waals surface area (Å²) < 4.78 is 5.53. The summed E-state index contributed by atoms with van der Waals surface area (Å²) in [6.07, 6.45) is 4.71. The molecule has 110 valence electrons. The van der Waals surface area contributed by atoms with Gasteiger partial charge in [0.15, 0.2) is 0 Å². The molecule has 0 spiro atoms. The molecule has 0 bridgehead atoms. The van der Waals surface area contributed by atoms with Crippen LogP contribution in [0.1, 0.15) is 43.6 Å². The zero-order valence-corrected chi connectivity index (χ0v) is 12.1. The second-order valence-corrected chi connectivity index (χ2v) is 5.09. The fourth-order valence-corrected chi connectivity index (χ4v) is 2.00. The van der Waals surface area contributed by atoms with Crippen LogP contribution in [0.2, 0.25) is 0 Å². The highest BCUT2D eigenvalue weighted by Crippen LogP contribution is 2.13. The van der Waals surface area contributed by atoms with Gasteiger partial charge in [-0.3, -0.25) is 4.79 Å². The van der Waals surface area contributed by atoms with E-state index in [1.807, 2.05) is 13.8 Å². The Morgan fingerprint density at radius 2 is 2.40 bits per heavy atom. The van der Waals surface area contributed by atoms with Gasteiger partial charge < -0.3 is 15.4 Å². The van der Waals surface area contributed by atoms with Crippen LogP contribution in [-0.2, 0) is 4.74 Å². The molecule has 2 heterocycles. The molecule has 1 aromatic heterocycles. The number of carbonyl (C=O) groups excluding carboxylic acids is 1. The highest BCUT2D eigenvalue weighted by molar-refractivity contribution is 5.93. The summed E-state index contributed by atoms with van der Waals surface area (Å²) in [5.74, 6) is 0.492. The molecule has 1 aliphatic rings. The zero-order chi connectivity index (χ0) is 14.4. The standard InChI is InChI=1S/C14H22N4O2/c1-3-10(2)18-14(19)12-7-13(17-9-16-12)15-8-11-5-4-6-20-11/h7,9-11H,3-6,8H2,1-2H3,(H,18,19)(H,15,16,17). The van der Waals surface area contributed by atoms with Crippen LogP contribution < -0.4 is 10.6 Å². The molecule has 1 amide bonds. The third-order valence-electron chi connectivity index (χ3n) is 3.42. The van der Waals surface area contributed by atoms with Crippen LogP contribution in [0.3, 0.4) is 0 Å². The van der Waals surface area contributed by atoms with Crippen molar-refractivity contribution in [3.8, 4) is 0 Å². The number of nitrogens with zero attached hydrogens (tertiary/aromatic N) is 2. The Hall–Kier alpha value is -1.69. The number of aromatic nitrogens is 2. The molecule has 0 aliphatic carbocycles. The van der Waals surface area contributed by atoms with Gasteiger partial charge in [0.2, 0.25) is 0 Å². The van der Waals surface area contributed by atoms with Crippen molar-refractivity contribution in [2.24, 2.45) is 0 Å². The average molecular weight is 278 g/mol. The molecule has 2 atom stereocenters. The van der Waals surface area contributed by atoms with Gasteiger partial charge >= 0.3 is 0 Å². The summed E-state index contributed by atoms with van der Waals surface area (Å²) in [6.45, 7) is 5.54. The summed E-state index contributed by atoms with van der Waals surface area (Å²) in [5.41, 5.74) is 0.384. The minimum absolute atomic E-state index is 0.140. The van der Waals surface area contributed by atoms with E-state index < -0.39 is 0 Å². The third-order valence-corrected chi connectivity index (χ3v) is 3.42. The van der Waals surface area contributed by atoms with Crippen LogP contribution in [0.15, 0.2) is 12.4 Å². The van der Waals surface area contributed by atoms with Crippen molar-refractivity contribution in [3.05, 3.63) is 18.1 Å². The number of hydrogen-bond donors (Lipinski definition) is 2. The van der Waals surface area contributed by atoms with E-state index in [9.17, 15) is 4.79 Å². The maximum Gasteiger partial charge on any atom is 0.270 e. The highest BCUT2D eigenvalue weighted by atomic mass is 16.5. The summed E-state index contributed by atoms with van der Waals surface area (Å²) in [7, 11) is 0. The molecule has 6 nitrogen and oxygen atoms in total. The normalized spacial score (nSPS) is 19.6. The molecule has 20 heavy (non-hydrogen) atoms. The van der Waals surface area contributed by atoms with Crippen molar-refractivity contribution in [3.63, 3.8) is 0 Å². The van der Waals surface area contributed by atoms with Crippen molar-refractivity contribution < 1.29 is 9.53 Å². The van der Waals surface area contributed by atoms with E-state index in [4.69, 9.17) is 4.74 Å². The first-order valence-electron chi connectivity index (χ1n) is 7.17. The minimum Gasteiger partial charge on any atom is -0.376 e. The lowest BCUT2D eigenvalue weighted by molar-refractivity contribution is 0.0934. The number of carbonyl (C=O) groups is 1. The number of anilines is 1. The first-order chi connectivity index (χ1) is 9.69. The lowest BCUT2D eigenvalue weighted by Gasteiger charge is -2.13. The minimum atomic E-state index is -0.165. The first kappa shape index (κ1) is 14.7. The van der Waals surface area contributed by atoms with E-state index in [0.29, 0.717) is 18.1 Å². The monoisotopic (exact) mass is 278 g/mol. The van der Waals surface area contributed by atoms with Crippen molar-refractivity contribution in [1.29, 1.82) is 0 Å². The average Bonchev–Trinajstić information content (AvgIpc) is 2.98. The molecular weight excluding hydrogens is 256 g/mol. The smallest absolute Gasteiger partial charge is 0.270 e. The van der Waals surface area contributed by atoms with E-state index in [2.05, 4.69) is 20.6 Å². The molecule has 0 saturated carbocycles. The maximum absolute atomic E-state index is 12.0. The molecule has 1 saturated heterocycles. The van der Waals surface area contributed by atoms with E-state index in [1.54, 1.807) is 6.07 Å². The molecule has 1 aromatic rings. The summed E-state index contributed by atoms with van der Waals surface area (Å²) in [6, 6.07) is 1.81. The van der Waals surface area contributed by atoms with Crippen LogP contribution in [0, 0.1) is 0 Å². The fraction of sp³-hybridized carbons (Fsp3) is 0.643. The molecule has 1 fully saturated rings. The Bertz CT molecular complexity index is 447. The van der Waals surface area contributed by atoms with Crippen LogP contribution in [0.4, 0.5) is 5.82 Å². The predicted octanol–water partition coefficient (Wildman–Crippen LogP) is 1.60. The molecular formula is C14H22N4O2. The molecule has 2 N–H and O–H groups in total.